The molecule has 2 unspecified atom stereocenters. The van der Waals surface area contributed by atoms with Crippen molar-refractivity contribution in [3.63, 3.8) is 0 Å². The van der Waals surface area contributed by atoms with Gasteiger partial charge in [-0.2, -0.15) is 0 Å². The number of nitrogens with one attached hydrogen (secondary N) is 2. The molecular weight excluding hydrogens is 375 g/mol. The molecule has 0 aromatic heterocycles. The largest absolute Gasteiger partial charge is 0.326 e. The van der Waals surface area contributed by atoms with Gasteiger partial charge in [-0.1, -0.05) is 28.1 Å². The molecule has 24 heavy (non-hydrogen) atoms. The Balaban J connectivity index is 1.58. The zero-order chi connectivity index (χ0) is 17.3. The molecule has 2 N–H and O–H groups in total. The number of halogens is 2. The lowest BCUT2D eigenvalue weighted by Crippen LogP contribution is -2.21. The molecule has 0 heterocycles. The maximum absolute atomic E-state index is 13.5. The third-order valence-corrected chi connectivity index (χ3v) is 4.91. The number of anilines is 2. The van der Waals surface area contributed by atoms with E-state index in [1.54, 1.807) is 18.2 Å². The first-order valence-corrected chi connectivity index (χ1v) is 8.37. The van der Waals surface area contributed by atoms with Crippen molar-refractivity contribution in [2.24, 2.45) is 11.8 Å². The molecule has 0 bridgehead atoms. The van der Waals surface area contributed by atoms with E-state index < -0.39 is 11.7 Å². The molecule has 1 saturated carbocycles. The Labute approximate surface area is 147 Å². The first-order chi connectivity index (χ1) is 11.5. The Hall–Kier alpha value is -2.21. The minimum atomic E-state index is -0.488. The Kier molecular flexibility index (Phi) is 4.66. The second-order valence-electron chi connectivity index (χ2n) is 5.87. The molecule has 124 valence electrons. The Morgan fingerprint density at radius 3 is 2.42 bits per heavy atom. The standard InChI is InChI=1S/C18H16BrFN2O2/c1-10-8-11(6-7-14(10)19)21-17(23)12-9-13(12)18(24)22-16-5-3-2-4-15(16)20/h2-8,12-13H,9H2,1H3,(H,21,23)(H,22,24). The SMILES string of the molecule is Cc1cc(NC(=O)C2CC2C(=O)Nc2ccccc2F)ccc1Br. The summed E-state index contributed by atoms with van der Waals surface area (Å²) in [5.41, 5.74) is 1.84. The predicted octanol–water partition coefficient (Wildman–Crippen LogP) is 4.11. The monoisotopic (exact) mass is 390 g/mol. The highest BCUT2D eigenvalue weighted by Gasteiger charge is 2.48. The fourth-order valence-corrected chi connectivity index (χ4v) is 2.77. The highest BCUT2D eigenvalue weighted by molar-refractivity contribution is 9.10. The van der Waals surface area contributed by atoms with Crippen LogP contribution in [0.2, 0.25) is 0 Å². The number of para-hydroxylation sites is 1. The van der Waals surface area contributed by atoms with Crippen molar-refractivity contribution in [3.8, 4) is 0 Å². The number of aryl methyl sites for hydroxylation is 1. The number of carbonyl (C=O) groups excluding carboxylic acids is 2. The molecule has 6 heteroatoms. The van der Waals surface area contributed by atoms with Crippen LogP contribution < -0.4 is 10.6 Å². The first kappa shape index (κ1) is 16.6. The summed E-state index contributed by atoms with van der Waals surface area (Å²) < 4.78 is 14.5. The second kappa shape index (κ2) is 6.73. The molecule has 4 nitrogen and oxygen atoms in total. The zero-order valence-electron chi connectivity index (χ0n) is 13.0. The lowest BCUT2D eigenvalue weighted by Gasteiger charge is -2.08. The summed E-state index contributed by atoms with van der Waals surface area (Å²) in [5.74, 6) is -1.79. The Bertz CT molecular complexity index is 809. The van der Waals surface area contributed by atoms with E-state index >= 15 is 0 Å². The summed E-state index contributed by atoms with van der Waals surface area (Å²) in [7, 11) is 0. The van der Waals surface area contributed by atoms with Crippen LogP contribution in [-0.2, 0) is 9.59 Å². The van der Waals surface area contributed by atoms with Gasteiger partial charge in [-0.15, -0.1) is 0 Å². The molecule has 1 aliphatic carbocycles. The van der Waals surface area contributed by atoms with E-state index in [4.69, 9.17) is 0 Å². The maximum Gasteiger partial charge on any atom is 0.228 e. The molecule has 2 aromatic rings. The van der Waals surface area contributed by atoms with E-state index in [1.165, 1.54) is 12.1 Å². The molecule has 0 radical (unpaired) electrons. The second-order valence-corrected chi connectivity index (χ2v) is 6.73. The molecule has 0 saturated heterocycles. The van der Waals surface area contributed by atoms with Crippen molar-refractivity contribution in [3.05, 3.63) is 58.3 Å². The van der Waals surface area contributed by atoms with E-state index in [1.807, 2.05) is 19.1 Å². The maximum atomic E-state index is 13.5. The van der Waals surface area contributed by atoms with Crippen LogP contribution in [0.1, 0.15) is 12.0 Å². The number of hydrogen-bond donors (Lipinski definition) is 2. The summed E-state index contributed by atoms with van der Waals surface area (Å²) in [6.07, 6.45) is 0.474. The summed E-state index contributed by atoms with van der Waals surface area (Å²) in [4.78, 5) is 24.4. The van der Waals surface area contributed by atoms with Crippen LogP contribution in [0, 0.1) is 24.6 Å². The number of hydrogen-bond acceptors (Lipinski definition) is 2. The summed E-state index contributed by atoms with van der Waals surface area (Å²) in [5, 5.41) is 5.36. The molecule has 0 aliphatic heterocycles. The average molecular weight is 391 g/mol. The predicted molar refractivity (Wildman–Crippen MR) is 94.1 cm³/mol. The van der Waals surface area contributed by atoms with Gasteiger partial charge in [0.2, 0.25) is 11.8 Å². The minimum absolute atomic E-state index is 0.136. The molecular formula is C18H16BrFN2O2. The van der Waals surface area contributed by atoms with E-state index in [-0.39, 0.29) is 23.4 Å². The van der Waals surface area contributed by atoms with Crippen molar-refractivity contribution < 1.29 is 14.0 Å². The summed E-state index contributed by atoms with van der Waals surface area (Å²) >= 11 is 3.41. The zero-order valence-corrected chi connectivity index (χ0v) is 14.6. The van der Waals surface area contributed by atoms with Crippen molar-refractivity contribution in [1.29, 1.82) is 0 Å². The highest BCUT2D eigenvalue weighted by Crippen LogP contribution is 2.40. The normalized spacial score (nSPS) is 18.8. The lowest BCUT2D eigenvalue weighted by atomic mass is 10.2. The Morgan fingerprint density at radius 2 is 1.75 bits per heavy atom. The van der Waals surface area contributed by atoms with E-state index in [2.05, 4.69) is 26.6 Å². The minimum Gasteiger partial charge on any atom is -0.326 e. The topological polar surface area (TPSA) is 58.2 Å². The number of rotatable bonds is 4. The molecule has 1 fully saturated rings. The molecule has 2 aromatic carbocycles. The van der Waals surface area contributed by atoms with Gasteiger partial charge in [0.15, 0.2) is 0 Å². The quantitative estimate of drug-likeness (QED) is 0.824. The van der Waals surface area contributed by atoms with Gasteiger partial charge in [0, 0.05) is 10.2 Å². The van der Waals surface area contributed by atoms with Crippen LogP contribution >= 0.6 is 15.9 Å². The van der Waals surface area contributed by atoms with E-state index in [9.17, 15) is 14.0 Å². The van der Waals surface area contributed by atoms with Gasteiger partial charge in [0.1, 0.15) is 5.82 Å². The van der Waals surface area contributed by atoms with Crippen molar-refractivity contribution >= 4 is 39.1 Å². The van der Waals surface area contributed by atoms with Crippen LogP contribution in [-0.4, -0.2) is 11.8 Å². The molecule has 3 rings (SSSR count). The number of benzene rings is 2. The first-order valence-electron chi connectivity index (χ1n) is 7.58. The molecule has 1 aliphatic rings. The third kappa shape index (κ3) is 3.64. The van der Waals surface area contributed by atoms with E-state index in [0.29, 0.717) is 12.1 Å². The van der Waals surface area contributed by atoms with Crippen LogP contribution in [0.5, 0.6) is 0 Å². The van der Waals surface area contributed by atoms with Gasteiger partial charge < -0.3 is 10.6 Å². The van der Waals surface area contributed by atoms with Crippen LogP contribution in [0.3, 0.4) is 0 Å². The summed E-state index contributed by atoms with van der Waals surface area (Å²) in [6.45, 7) is 1.93. The lowest BCUT2D eigenvalue weighted by molar-refractivity contribution is -0.122. The van der Waals surface area contributed by atoms with Crippen molar-refractivity contribution in [2.45, 2.75) is 13.3 Å². The number of amides is 2. The van der Waals surface area contributed by atoms with Crippen LogP contribution in [0.15, 0.2) is 46.9 Å². The highest BCUT2D eigenvalue weighted by atomic mass is 79.9. The van der Waals surface area contributed by atoms with Crippen molar-refractivity contribution in [2.75, 3.05) is 10.6 Å². The molecule has 2 amide bonds. The van der Waals surface area contributed by atoms with Crippen LogP contribution in [0.25, 0.3) is 0 Å². The fraction of sp³-hybridized carbons (Fsp3) is 0.222. The van der Waals surface area contributed by atoms with Crippen LogP contribution in [0.4, 0.5) is 15.8 Å². The van der Waals surface area contributed by atoms with Gasteiger partial charge in [-0.3, -0.25) is 9.59 Å². The summed E-state index contributed by atoms with van der Waals surface area (Å²) in [6, 6.07) is 11.5. The molecule has 0 spiro atoms. The smallest absolute Gasteiger partial charge is 0.228 e. The van der Waals surface area contributed by atoms with Crippen molar-refractivity contribution in [1.82, 2.24) is 0 Å². The van der Waals surface area contributed by atoms with Gasteiger partial charge in [0.05, 0.1) is 17.5 Å². The van der Waals surface area contributed by atoms with Gasteiger partial charge in [-0.05, 0) is 49.2 Å². The van der Waals surface area contributed by atoms with Gasteiger partial charge in [0.25, 0.3) is 0 Å². The van der Waals surface area contributed by atoms with E-state index in [0.717, 1.165) is 10.0 Å². The third-order valence-electron chi connectivity index (χ3n) is 4.02. The van der Waals surface area contributed by atoms with Gasteiger partial charge >= 0.3 is 0 Å². The number of carbonyl (C=O) groups is 2. The fourth-order valence-electron chi connectivity index (χ4n) is 2.52. The van der Waals surface area contributed by atoms with Gasteiger partial charge in [-0.25, -0.2) is 4.39 Å². The Morgan fingerprint density at radius 1 is 1.08 bits per heavy atom. The average Bonchev–Trinajstić information content (AvgIpc) is 3.34. The molecule has 2 atom stereocenters.